The van der Waals surface area contributed by atoms with Crippen LogP contribution in [0.3, 0.4) is 0 Å². The van der Waals surface area contributed by atoms with Gasteiger partial charge in [-0.25, -0.2) is 0 Å². The summed E-state index contributed by atoms with van der Waals surface area (Å²) >= 11 is 0. The van der Waals surface area contributed by atoms with Crippen molar-refractivity contribution in [1.29, 1.82) is 0 Å². The minimum atomic E-state index is 0.194. The number of rotatable bonds is 7. The molecule has 21 heavy (non-hydrogen) atoms. The number of nitrogens with one attached hydrogen (secondary N) is 1. The smallest absolute Gasteiger partial charge is 0.0177 e. The van der Waals surface area contributed by atoms with Crippen molar-refractivity contribution in [2.75, 3.05) is 26.7 Å². The normalized spacial score (nSPS) is 22.9. The van der Waals surface area contributed by atoms with E-state index in [2.05, 4.69) is 61.4 Å². The predicted molar refractivity (Wildman–Crippen MR) is 91.8 cm³/mol. The predicted octanol–water partition coefficient (Wildman–Crippen LogP) is 3.82. The molecule has 1 aliphatic heterocycles. The number of hydrogen-bond donors (Lipinski definition) is 1. The first-order valence-corrected chi connectivity index (χ1v) is 8.64. The molecule has 1 fully saturated rings. The van der Waals surface area contributed by atoms with Crippen LogP contribution in [0.4, 0.5) is 0 Å². The molecule has 2 atom stereocenters. The molecule has 2 unspecified atom stereocenters. The number of piperidine rings is 1. The molecule has 2 nitrogen and oxygen atoms in total. The number of benzene rings is 1. The Hall–Kier alpha value is -0.860. The Kier molecular flexibility index (Phi) is 6.25. The highest BCUT2D eigenvalue weighted by molar-refractivity contribution is 5.25. The van der Waals surface area contributed by atoms with Crippen LogP contribution in [-0.2, 0) is 5.41 Å². The fourth-order valence-electron chi connectivity index (χ4n) is 3.86. The Morgan fingerprint density at radius 1 is 1.24 bits per heavy atom. The zero-order chi connectivity index (χ0) is 15.1. The lowest BCUT2D eigenvalue weighted by atomic mass is 9.80. The molecule has 0 bridgehead atoms. The molecule has 118 valence electrons. The molecule has 0 spiro atoms. The Morgan fingerprint density at radius 3 is 2.67 bits per heavy atom. The van der Waals surface area contributed by atoms with Gasteiger partial charge < -0.3 is 5.32 Å². The van der Waals surface area contributed by atoms with E-state index < -0.39 is 0 Å². The molecule has 2 heteroatoms. The van der Waals surface area contributed by atoms with Gasteiger partial charge in [-0.15, -0.1) is 0 Å². The molecule has 0 amide bonds. The molecule has 0 radical (unpaired) electrons. The number of nitrogens with zero attached hydrogens (tertiary/aromatic N) is 1. The van der Waals surface area contributed by atoms with Crippen LogP contribution in [0.5, 0.6) is 0 Å². The molecule has 1 heterocycles. The first kappa shape index (κ1) is 16.5. The molecule has 1 saturated heterocycles. The second-order valence-corrected chi connectivity index (χ2v) is 6.87. The quantitative estimate of drug-likeness (QED) is 0.820. The maximum atomic E-state index is 3.42. The molecular weight excluding hydrogens is 256 g/mol. The molecule has 1 aliphatic rings. The van der Waals surface area contributed by atoms with Gasteiger partial charge >= 0.3 is 0 Å². The first-order valence-electron chi connectivity index (χ1n) is 8.64. The second kappa shape index (κ2) is 7.95. The Bertz CT molecular complexity index is 401. The number of likely N-dealkylation sites (N-methyl/N-ethyl adjacent to an activating group) is 1. The van der Waals surface area contributed by atoms with E-state index in [1.165, 1.54) is 50.8 Å². The maximum Gasteiger partial charge on any atom is 0.0177 e. The van der Waals surface area contributed by atoms with Crippen molar-refractivity contribution in [1.82, 2.24) is 10.2 Å². The standard InChI is InChI=1S/C19H32N2/c1-4-10-18-13-8-9-14-21(18)16-19(2,15-20-3)17-11-6-5-7-12-17/h5-7,11-12,18,20H,4,8-10,13-16H2,1-3H3. The van der Waals surface area contributed by atoms with Crippen LogP contribution in [-0.4, -0.2) is 37.6 Å². The summed E-state index contributed by atoms with van der Waals surface area (Å²) in [4.78, 5) is 2.76. The monoisotopic (exact) mass is 288 g/mol. The third-order valence-corrected chi connectivity index (χ3v) is 4.96. The van der Waals surface area contributed by atoms with Crippen LogP contribution in [0.25, 0.3) is 0 Å². The van der Waals surface area contributed by atoms with Gasteiger partial charge in [0.05, 0.1) is 0 Å². The molecule has 1 N–H and O–H groups in total. The van der Waals surface area contributed by atoms with E-state index in [-0.39, 0.29) is 5.41 Å². The minimum Gasteiger partial charge on any atom is -0.319 e. The summed E-state index contributed by atoms with van der Waals surface area (Å²) in [6, 6.07) is 11.8. The van der Waals surface area contributed by atoms with Crippen LogP contribution in [0.2, 0.25) is 0 Å². The Balaban J connectivity index is 2.14. The van der Waals surface area contributed by atoms with Crippen LogP contribution in [0.15, 0.2) is 30.3 Å². The van der Waals surface area contributed by atoms with E-state index in [0.29, 0.717) is 0 Å². The largest absolute Gasteiger partial charge is 0.319 e. The topological polar surface area (TPSA) is 15.3 Å². The van der Waals surface area contributed by atoms with Crippen molar-refractivity contribution in [3.05, 3.63) is 35.9 Å². The Labute approximate surface area is 130 Å². The van der Waals surface area contributed by atoms with E-state index in [1.807, 2.05) is 0 Å². The molecule has 0 saturated carbocycles. The molecular formula is C19H32N2. The van der Waals surface area contributed by atoms with Crippen molar-refractivity contribution < 1.29 is 0 Å². The average Bonchev–Trinajstić information content (AvgIpc) is 2.51. The third kappa shape index (κ3) is 4.31. The van der Waals surface area contributed by atoms with Gasteiger partial charge in [-0.2, -0.15) is 0 Å². The highest BCUT2D eigenvalue weighted by atomic mass is 15.2. The maximum absolute atomic E-state index is 3.42. The lowest BCUT2D eigenvalue weighted by Crippen LogP contribution is -2.50. The number of hydrogen-bond acceptors (Lipinski definition) is 2. The summed E-state index contributed by atoms with van der Waals surface area (Å²) in [5.41, 5.74) is 1.65. The summed E-state index contributed by atoms with van der Waals surface area (Å²) in [6.45, 7) is 8.21. The van der Waals surface area contributed by atoms with Crippen LogP contribution in [0.1, 0.15) is 51.5 Å². The van der Waals surface area contributed by atoms with Crippen molar-refractivity contribution in [2.24, 2.45) is 0 Å². The minimum absolute atomic E-state index is 0.194. The summed E-state index contributed by atoms with van der Waals surface area (Å²) in [7, 11) is 2.07. The first-order chi connectivity index (χ1) is 10.2. The lowest BCUT2D eigenvalue weighted by Gasteiger charge is -2.42. The van der Waals surface area contributed by atoms with Crippen molar-refractivity contribution >= 4 is 0 Å². The third-order valence-electron chi connectivity index (χ3n) is 4.96. The van der Waals surface area contributed by atoms with E-state index in [1.54, 1.807) is 0 Å². The van der Waals surface area contributed by atoms with Gasteiger partial charge in [0.25, 0.3) is 0 Å². The summed E-state index contributed by atoms with van der Waals surface area (Å²) in [5.74, 6) is 0. The highest BCUT2D eigenvalue weighted by Gasteiger charge is 2.32. The van der Waals surface area contributed by atoms with Gasteiger partial charge in [-0.1, -0.05) is 57.0 Å². The Morgan fingerprint density at radius 2 is 2.00 bits per heavy atom. The average molecular weight is 288 g/mol. The lowest BCUT2D eigenvalue weighted by molar-refractivity contribution is 0.109. The SMILES string of the molecule is CCCC1CCCCN1CC(C)(CNC)c1ccccc1. The van der Waals surface area contributed by atoms with Crippen LogP contribution >= 0.6 is 0 Å². The van der Waals surface area contributed by atoms with Gasteiger partial charge in [0.15, 0.2) is 0 Å². The van der Waals surface area contributed by atoms with Gasteiger partial charge in [-0.3, -0.25) is 4.90 Å². The van der Waals surface area contributed by atoms with Gasteiger partial charge in [0.2, 0.25) is 0 Å². The van der Waals surface area contributed by atoms with Gasteiger partial charge in [0, 0.05) is 24.5 Å². The van der Waals surface area contributed by atoms with Crippen molar-refractivity contribution in [3.8, 4) is 0 Å². The molecule has 0 aromatic heterocycles. The fraction of sp³-hybridized carbons (Fsp3) is 0.684. The molecule has 1 aromatic carbocycles. The molecule has 1 aromatic rings. The summed E-state index contributed by atoms with van der Waals surface area (Å²) < 4.78 is 0. The van der Waals surface area contributed by atoms with E-state index in [0.717, 1.165) is 12.6 Å². The summed E-state index contributed by atoms with van der Waals surface area (Å²) in [5, 5.41) is 3.42. The van der Waals surface area contributed by atoms with Crippen LogP contribution in [0, 0.1) is 0 Å². The summed E-state index contributed by atoms with van der Waals surface area (Å²) in [6.07, 6.45) is 6.82. The zero-order valence-corrected chi connectivity index (χ0v) is 14.1. The van der Waals surface area contributed by atoms with Crippen molar-refractivity contribution in [3.63, 3.8) is 0 Å². The van der Waals surface area contributed by atoms with Gasteiger partial charge in [0.1, 0.15) is 0 Å². The molecule has 2 rings (SSSR count). The van der Waals surface area contributed by atoms with E-state index in [9.17, 15) is 0 Å². The highest BCUT2D eigenvalue weighted by Crippen LogP contribution is 2.29. The van der Waals surface area contributed by atoms with Crippen LogP contribution < -0.4 is 5.32 Å². The number of likely N-dealkylation sites (tertiary alicyclic amines) is 1. The molecule has 0 aliphatic carbocycles. The van der Waals surface area contributed by atoms with E-state index in [4.69, 9.17) is 0 Å². The fourth-order valence-corrected chi connectivity index (χ4v) is 3.86. The van der Waals surface area contributed by atoms with Crippen molar-refractivity contribution in [2.45, 2.75) is 57.4 Å². The van der Waals surface area contributed by atoms with Gasteiger partial charge in [-0.05, 0) is 38.4 Å². The van der Waals surface area contributed by atoms with E-state index >= 15 is 0 Å². The zero-order valence-electron chi connectivity index (χ0n) is 14.1. The second-order valence-electron chi connectivity index (χ2n) is 6.87.